The molecule has 0 radical (unpaired) electrons. The number of aromatic nitrogens is 1. The highest BCUT2D eigenvalue weighted by Crippen LogP contribution is 2.35. The van der Waals surface area contributed by atoms with E-state index in [4.69, 9.17) is 10.5 Å². The number of primary amides is 1. The summed E-state index contributed by atoms with van der Waals surface area (Å²) in [5.74, 6) is 0.289. The first kappa shape index (κ1) is 10.2. The van der Waals surface area contributed by atoms with Crippen LogP contribution in [0.4, 0.5) is 0 Å². The number of nitrogens with one attached hydrogen (secondary N) is 1. The van der Waals surface area contributed by atoms with E-state index in [1.165, 1.54) is 0 Å². The number of aryl methyl sites for hydroxylation is 1. The molecule has 88 valence electrons. The number of hydrogen-bond acceptors (Lipinski definition) is 2. The molecule has 1 aromatic carbocycles. The third-order valence-electron chi connectivity index (χ3n) is 3.40. The van der Waals surface area contributed by atoms with E-state index in [1.54, 1.807) is 0 Å². The SMILES string of the molecule is Cc1[nH]c2cccc3c2c1CC(C(N)=O)CO3. The Hall–Kier alpha value is -1.97. The summed E-state index contributed by atoms with van der Waals surface area (Å²) in [4.78, 5) is 14.7. The van der Waals surface area contributed by atoms with Crippen LogP contribution < -0.4 is 10.5 Å². The molecule has 1 unspecified atom stereocenters. The Bertz CT molecular complexity index is 601. The number of aromatic amines is 1. The van der Waals surface area contributed by atoms with Crippen LogP contribution in [-0.4, -0.2) is 17.5 Å². The smallest absolute Gasteiger partial charge is 0.224 e. The Morgan fingerprint density at radius 3 is 3.12 bits per heavy atom. The van der Waals surface area contributed by atoms with Gasteiger partial charge in [0.2, 0.25) is 5.91 Å². The second-order valence-corrected chi connectivity index (χ2v) is 4.52. The van der Waals surface area contributed by atoms with Crippen LogP contribution in [0, 0.1) is 12.8 Å². The van der Waals surface area contributed by atoms with E-state index >= 15 is 0 Å². The zero-order valence-corrected chi connectivity index (χ0v) is 9.62. The van der Waals surface area contributed by atoms with E-state index in [0.717, 1.165) is 27.9 Å². The molecule has 0 saturated carbocycles. The van der Waals surface area contributed by atoms with Crippen molar-refractivity contribution in [1.29, 1.82) is 0 Å². The number of ether oxygens (including phenoxy) is 1. The molecule has 1 aliphatic heterocycles. The summed E-state index contributed by atoms with van der Waals surface area (Å²) in [6.07, 6.45) is 0.651. The van der Waals surface area contributed by atoms with E-state index in [2.05, 4.69) is 4.98 Å². The van der Waals surface area contributed by atoms with Gasteiger partial charge in [-0.2, -0.15) is 0 Å². The Morgan fingerprint density at radius 2 is 2.35 bits per heavy atom. The van der Waals surface area contributed by atoms with Gasteiger partial charge in [-0.1, -0.05) is 6.07 Å². The molecule has 0 saturated heterocycles. The largest absolute Gasteiger partial charge is 0.492 e. The van der Waals surface area contributed by atoms with Gasteiger partial charge in [0, 0.05) is 16.6 Å². The Morgan fingerprint density at radius 1 is 1.53 bits per heavy atom. The zero-order chi connectivity index (χ0) is 12.0. The van der Waals surface area contributed by atoms with Gasteiger partial charge in [0.1, 0.15) is 12.4 Å². The highest BCUT2D eigenvalue weighted by molar-refractivity contribution is 5.91. The predicted octanol–water partition coefficient (Wildman–Crippen LogP) is 1.51. The lowest BCUT2D eigenvalue weighted by Crippen LogP contribution is -2.29. The van der Waals surface area contributed by atoms with Crippen LogP contribution in [0.15, 0.2) is 18.2 Å². The average molecular weight is 230 g/mol. The van der Waals surface area contributed by atoms with Crippen molar-refractivity contribution < 1.29 is 9.53 Å². The molecule has 4 nitrogen and oxygen atoms in total. The quantitative estimate of drug-likeness (QED) is 0.779. The standard InChI is InChI=1S/C13H14N2O2/c1-7-9-5-8(13(14)16)6-17-11-4-2-3-10(15-7)12(9)11/h2-4,8,15H,5-6H2,1H3,(H2,14,16). The number of carbonyl (C=O) groups is 1. The van der Waals surface area contributed by atoms with E-state index in [0.29, 0.717) is 13.0 Å². The normalized spacial score (nSPS) is 18.8. The predicted molar refractivity (Wildman–Crippen MR) is 64.9 cm³/mol. The lowest BCUT2D eigenvalue weighted by molar-refractivity contribution is -0.122. The minimum absolute atomic E-state index is 0.250. The fourth-order valence-corrected chi connectivity index (χ4v) is 2.47. The van der Waals surface area contributed by atoms with E-state index in [-0.39, 0.29) is 11.8 Å². The number of hydrogen-bond donors (Lipinski definition) is 2. The molecule has 0 bridgehead atoms. The van der Waals surface area contributed by atoms with Gasteiger partial charge in [-0.15, -0.1) is 0 Å². The van der Waals surface area contributed by atoms with Gasteiger partial charge in [-0.05, 0) is 31.0 Å². The molecule has 3 rings (SSSR count). The maximum absolute atomic E-state index is 11.3. The monoisotopic (exact) mass is 230 g/mol. The zero-order valence-electron chi connectivity index (χ0n) is 9.62. The van der Waals surface area contributed by atoms with Crippen LogP contribution in [0.1, 0.15) is 11.3 Å². The van der Waals surface area contributed by atoms with Gasteiger partial charge in [0.25, 0.3) is 0 Å². The molecule has 1 aliphatic rings. The maximum Gasteiger partial charge on any atom is 0.224 e. The molecular weight excluding hydrogens is 216 g/mol. The molecule has 17 heavy (non-hydrogen) atoms. The number of carbonyl (C=O) groups excluding carboxylic acids is 1. The molecule has 3 N–H and O–H groups in total. The minimum Gasteiger partial charge on any atom is -0.492 e. The average Bonchev–Trinajstić information content (AvgIpc) is 2.49. The summed E-state index contributed by atoms with van der Waals surface area (Å²) >= 11 is 0. The van der Waals surface area contributed by atoms with Crippen LogP contribution in [0.5, 0.6) is 5.75 Å². The fourth-order valence-electron chi connectivity index (χ4n) is 2.47. The summed E-state index contributed by atoms with van der Waals surface area (Å²) < 4.78 is 5.69. The van der Waals surface area contributed by atoms with Crippen molar-refractivity contribution in [2.75, 3.05) is 6.61 Å². The van der Waals surface area contributed by atoms with Crippen molar-refractivity contribution >= 4 is 16.8 Å². The molecule has 0 fully saturated rings. The van der Waals surface area contributed by atoms with Crippen LogP contribution in [0.25, 0.3) is 10.9 Å². The Balaban J connectivity index is 2.22. The summed E-state index contributed by atoms with van der Waals surface area (Å²) in [7, 11) is 0. The van der Waals surface area contributed by atoms with E-state index in [9.17, 15) is 4.79 Å². The molecule has 1 atom stereocenters. The lowest BCUT2D eigenvalue weighted by Gasteiger charge is -2.10. The third kappa shape index (κ3) is 1.48. The minimum atomic E-state index is -0.299. The maximum atomic E-state index is 11.3. The molecule has 0 spiro atoms. The second kappa shape index (κ2) is 3.52. The Kier molecular flexibility index (Phi) is 2.11. The second-order valence-electron chi connectivity index (χ2n) is 4.52. The number of benzene rings is 1. The number of H-pyrrole nitrogens is 1. The lowest BCUT2D eigenvalue weighted by atomic mass is 9.98. The van der Waals surface area contributed by atoms with E-state index < -0.39 is 0 Å². The van der Waals surface area contributed by atoms with Crippen molar-refractivity contribution in [2.24, 2.45) is 11.7 Å². The van der Waals surface area contributed by atoms with Crippen LogP contribution in [0.3, 0.4) is 0 Å². The summed E-state index contributed by atoms with van der Waals surface area (Å²) in [5, 5.41) is 1.09. The van der Waals surface area contributed by atoms with Gasteiger partial charge in [0.15, 0.2) is 0 Å². The van der Waals surface area contributed by atoms with Crippen molar-refractivity contribution in [3.63, 3.8) is 0 Å². The van der Waals surface area contributed by atoms with Crippen molar-refractivity contribution in [3.05, 3.63) is 29.5 Å². The molecule has 2 aromatic rings. The third-order valence-corrected chi connectivity index (χ3v) is 3.40. The molecule has 0 aliphatic carbocycles. The molecule has 2 heterocycles. The number of nitrogens with two attached hydrogens (primary N) is 1. The van der Waals surface area contributed by atoms with Crippen molar-refractivity contribution in [1.82, 2.24) is 4.98 Å². The van der Waals surface area contributed by atoms with Gasteiger partial charge in [-0.3, -0.25) is 4.79 Å². The topological polar surface area (TPSA) is 68.1 Å². The van der Waals surface area contributed by atoms with Gasteiger partial charge in [-0.25, -0.2) is 0 Å². The first-order valence-corrected chi connectivity index (χ1v) is 5.69. The Labute approximate surface area is 98.8 Å². The first-order chi connectivity index (χ1) is 8.16. The van der Waals surface area contributed by atoms with Crippen LogP contribution in [0.2, 0.25) is 0 Å². The highest BCUT2D eigenvalue weighted by Gasteiger charge is 2.25. The highest BCUT2D eigenvalue weighted by atomic mass is 16.5. The number of amides is 1. The fraction of sp³-hybridized carbons (Fsp3) is 0.308. The van der Waals surface area contributed by atoms with E-state index in [1.807, 2.05) is 25.1 Å². The molecule has 1 aromatic heterocycles. The summed E-state index contributed by atoms with van der Waals surface area (Å²) in [5.41, 5.74) is 8.68. The van der Waals surface area contributed by atoms with Gasteiger partial charge in [0.05, 0.1) is 5.92 Å². The molecule has 4 heteroatoms. The first-order valence-electron chi connectivity index (χ1n) is 5.69. The molecular formula is C13H14N2O2. The van der Waals surface area contributed by atoms with Crippen molar-refractivity contribution in [3.8, 4) is 5.75 Å². The number of rotatable bonds is 1. The van der Waals surface area contributed by atoms with Gasteiger partial charge < -0.3 is 15.5 Å². The van der Waals surface area contributed by atoms with Crippen LogP contribution >= 0.6 is 0 Å². The molecule has 1 amide bonds. The van der Waals surface area contributed by atoms with Crippen LogP contribution in [-0.2, 0) is 11.2 Å². The van der Waals surface area contributed by atoms with Crippen molar-refractivity contribution in [2.45, 2.75) is 13.3 Å². The summed E-state index contributed by atoms with van der Waals surface area (Å²) in [6.45, 7) is 2.38. The van der Waals surface area contributed by atoms with Gasteiger partial charge >= 0.3 is 0 Å². The summed E-state index contributed by atoms with van der Waals surface area (Å²) in [6, 6.07) is 5.90.